The van der Waals surface area contributed by atoms with Gasteiger partial charge in [0.05, 0.1) is 23.1 Å². The van der Waals surface area contributed by atoms with Gasteiger partial charge in [0.1, 0.15) is 23.8 Å². The number of Topliss-reactive ketones (excluding diaryl/α,β-unsaturated/α-hetero) is 1. The summed E-state index contributed by atoms with van der Waals surface area (Å²) in [7, 11) is 0. The summed E-state index contributed by atoms with van der Waals surface area (Å²) in [6.07, 6.45) is -11.1. The second-order valence-corrected chi connectivity index (χ2v) is 12.1. The molecule has 1 atom stereocenters. The van der Waals surface area contributed by atoms with Crippen molar-refractivity contribution in [3.05, 3.63) is 144 Å². The van der Waals surface area contributed by atoms with Gasteiger partial charge >= 0.3 is 12.4 Å². The lowest BCUT2D eigenvalue weighted by molar-refractivity contribution is -0.264. The van der Waals surface area contributed by atoms with Crippen LogP contribution in [0.4, 0.5) is 35.1 Å². The third-order valence-electron chi connectivity index (χ3n) is 6.76. The van der Waals surface area contributed by atoms with Crippen LogP contribution in [0.5, 0.6) is 0 Å². The SMILES string of the molecule is N#Cc1cc(C(=O)C=C(c2cc(Cl)cc(Cl)c2)C(F)(F)F)ccc1F.N#Cc1cc(C(=O)CC(O)(c2cc(Cl)cc(Cl)c2)C(F)(F)F)ccc1F. The average molecular weight is 794 g/mol. The molecule has 4 rings (SSSR count). The van der Waals surface area contributed by atoms with E-state index in [4.69, 9.17) is 56.9 Å². The zero-order chi connectivity index (χ0) is 38.5. The van der Waals surface area contributed by atoms with E-state index < -0.39 is 69.8 Å². The van der Waals surface area contributed by atoms with Gasteiger partial charge in [-0.15, -0.1) is 0 Å². The van der Waals surface area contributed by atoms with Gasteiger partial charge in [-0.2, -0.15) is 36.9 Å². The molecule has 0 fully saturated rings. The minimum absolute atomic E-state index is 0.0290. The molecule has 0 bridgehead atoms. The lowest BCUT2D eigenvalue weighted by Crippen LogP contribution is -2.44. The van der Waals surface area contributed by atoms with Gasteiger partial charge in [0.15, 0.2) is 17.2 Å². The van der Waals surface area contributed by atoms with Crippen LogP contribution in [0.3, 0.4) is 0 Å². The molecule has 0 saturated carbocycles. The number of hydrogen-bond donors (Lipinski definition) is 1. The van der Waals surface area contributed by atoms with Crippen molar-refractivity contribution in [3.63, 3.8) is 0 Å². The minimum atomic E-state index is -5.23. The highest BCUT2D eigenvalue weighted by molar-refractivity contribution is 6.35. The van der Waals surface area contributed by atoms with Crippen LogP contribution in [0.1, 0.15) is 49.4 Å². The van der Waals surface area contributed by atoms with Crippen LogP contribution in [0.2, 0.25) is 20.1 Å². The molecule has 264 valence electrons. The largest absolute Gasteiger partial charge is 0.421 e. The highest BCUT2D eigenvalue weighted by Gasteiger charge is 2.56. The number of alkyl halides is 6. The third-order valence-corrected chi connectivity index (χ3v) is 7.63. The lowest BCUT2D eigenvalue weighted by Gasteiger charge is -2.30. The molecule has 17 heteroatoms. The number of ketones is 2. The number of allylic oxidation sites excluding steroid dienone is 2. The van der Waals surface area contributed by atoms with Gasteiger partial charge in [0.2, 0.25) is 0 Å². The maximum Gasteiger partial charge on any atom is 0.421 e. The van der Waals surface area contributed by atoms with Crippen LogP contribution in [0.15, 0.2) is 78.9 Å². The molecule has 0 radical (unpaired) electrons. The molecule has 51 heavy (non-hydrogen) atoms. The highest BCUT2D eigenvalue weighted by atomic mass is 35.5. The Labute approximate surface area is 303 Å². The first-order valence-corrected chi connectivity index (χ1v) is 15.1. The van der Waals surface area contributed by atoms with Crippen LogP contribution < -0.4 is 0 Å². The molecule has 0 spiro atoms. The monoisotopic (exact) mass is 792 g/mol. The Kier molecular flexibility index (Phi) is 13.0. The molecule has 5 nitrogen and oxygen atoms in total. The Bertz CT molecular complexity index is 2080. The Morgan fingerprint density at radius 1 is 0.667 bits per heavy atom. The molecule has 1 unspecified atom stereocenters. The standard InChI is InChI=1S/C17H9Cl2F4NO2.C17H7Cl2F4NO/c18-12-4-11(5-13(19)6-12)16(26,17(21,22)23)7-15(25)9-1-2-14(20)10(3-9)8-24;18-12-4-10(5-13(19)6-12)14(17(21,22)23)7-16(25)9-1-2-15(20)11(3-9)8-24/h1-6,26H,7H2;1-7H. The number of halogens is 12. The van der Waals surface area contributed by atoms with Crippen LogP contribution >= 0.6 is 46.4 Å². The number of benzene rings is 4. The Balaban J connectivity index is 0.000000276. The van der Waals surface area contributed by atoms with Gasteiger partial charge in [0, 0.05) is 31.2 Å². The Morgan fingerprint density at radius 3 is 1.53 bits per heavy atom. The van der Waals surface area contributed by atoms with E-state index >= 15 is 0 Å². The first-order valence-electron chi connectivity index (χ1n) is 13.6. The number of hydrogen-bond acceptors (Lipinski definition) is 5. The Hall–Kier alpha value is -4.50. The van der Waals surface area contributed by atoms with E-state index in [1.165, 1.54) is 24.3 Å². The second-order valence-electron chi connectivity index (χ2n) is 10.3. The van der Waals surface area contributed by atoms with Crippen LogP contribution in [0, 0.1) is 34.3 Å². The highest BCUT2D eigenvalue weighted by Crippen LogP contribution is 2.44. The van der Waals surface area contributed by atoms with E-state index in [1.54, 1.807) is 0 Å². The summed E-state index contributed by atoms with van der Waals surface area (Å²) in [6.45, 7) is 0. The van der Waals surface area contributed by atoms with E-state index in [0.29, 0.717) is 6.08 Å². The van der Waals surface area contributed by atoms with Gasteiger partial charge in [-0.1, -0.05) is 46.4 Å². The fourth-order valence-corrected chi connectivity index (χ4v) is 5.35. The summed E-state index contributed by atoms with van der Waals surface area (Å²) in [6, 6.07) is 14.4. The van der Waals surface area contributed by atoms with Crippen LogP contribution in [-0.2, 0) is 5.60 Å². The lowest BCUT2D eigenvalue weighted by atomic mass is 9.86. The fourth-order valence-electron chi connectivity index (χ4n) is 4.29. The quantitative estimate of drug-likeness (QED) is 0.114. The number of nitriles is 2. The van der Waals surface area contributed by atoms with Crippen molar-refractivity contribution in [1.29, 1.82) is 10.5 Å². The van der Waals surface area contributed by atoms with E-state index in [2.05, 4.69) is 0 Å². The average Bonchev–Trinajstić information content (AvgIpc) is 3.02. The van der Waals surface area contributed by atoms with Crippen LogP contribution in [0.25, 0.3) is 5.57 Å². The maximum atomic E-state index is 13.5. The maximum absolute atomic E-state index is 13.5. The Morgan fingerprint density at radius 2 is 1.10 bits per heavy atom. The van der Waals surface area contributed by atoms with Crippen molar-refractivity contribution in [2.75, 3.05) is 0 Å². The summed E-state index contributed by atoms with van der Waals surface area (Å²) in [4.78, 5) is 24.4. The first kappa shape index (κ1) is 40.9. The summed E-state index contributed by atoms with van der Waals surface area (Å²) < 4.78 is 107. The van der Waals surface area contributed by atoms with E-state index in [-0.39, 0.29) is 36.8 Å². The van der Waals surface area contributed by atoms with Crippen molar-refractivity contribution in [2.45, 2.75) is 24.4 Å². The number of nitrogens with zero attached hydrogens (tertiary/aromatic N) is 2. The summed E-state index contributed by atoms with van der Waals surface area (Å²) >= 11 is 22.8. The van der Waals surface area contributed by atoms with Crippen LogP contribution in [-0.4, -0.2) is 29.0 Å². The van der Waals surface area contributed by atoms with Gasteiger partial charge in [-0.05, 0) is 90.0 Å². The first-order chi connectivity index (χ1) is 23.6. The minimum Gasteiger partial charge on any atom is -0.376 e. The van der Waals surface area contributed by atoms with Crippen molar-refractivity contribution in [3.8, 4) is 12.1 Å². The predicted molar refractivity (Wildman–Crippen MR) is 172 cm³/mol. The molecule has 4 aromatic carbocycles. The molecular weight excluding hydrogens is 778 g/mol. The van der Waals surface area contributed by atoms with Crippen molar-refractivity contribution < 1.29 is 49.8 Å². The van der Waals surface area contributed by atoms with Gasteiger partial charge in [-0.25, -0.2) is 8.78 Å². The van der Waals surface area contributed by atoms with E-state index in [1.807, 2.05) is 0 Å². The van der Waals surface area contributed by atoms with E-state index in [9.17, 15) is 49.8 Å². The molecule has 4 aromatic rings. The molecule has 0 aliphatic rings. The molecule has 0 aliphatic heterocycles. The molecule has 0 aromatic heterocycles. The normalized spacial score (nSPS) is 12.9. The van der Waals surface area contributed by atoms with Crippen molar-refractivity contribution in [2.24, 2.45) is 0 Å². The number of carbonyl (C=O) groups is 2. The number of aliphatic hydroxyl groups is 1. The molecule has 0 aliphatic carbocycles. The van der Waals surface area contributed by atoms with Gasteiger partial charge in [-0.3, -0.25) is 9.59 Å². The summed E-state index contributed by atoms with van der Waals surface area (Å²) in [5.74, 6) is -3.98. The smallest absolute Gasteiger partial charge is 0.376 e. The van der Waals surface area contributed by atoms with Gasteiger partial charge < -0.3 is 5.11 Å². The fraction of sp³-hybridized carbons (Fsp3) is 0.118. The van der Waals surface area contributed by atoms with E-state index in [0.717, 1.165) is 60.7 Å². The number of carbonyl (C=O) groups excluding carboxylic acids is 2. The zero-order valence-electron chi connectivity index (χ0n) is 24.9. The zero-order valence-corrected chi connectivity index (χ0v) is 27.9. The molecule has 1 N–H and O–H groups in total. The molecule has 0 amide bonds. The topological polar surface area (TPSA) is 102 Å². The summed E-state index contributed by atoms with van der Waals surface area (Å²) in [5, 5.41) is 27.4. The predicted octanol–water partition coefficient (Wildman–Crippen LogP) is 10.9. The van der Waals surface area contributed by atoms with Crippen molar-refractivity contribution in [1.82, 2.24) is 0 Å². The third kappa shape index (κ3) is 10.3. The van der Waals surface area contributed by atoms with Gasteiger partial charge in [0.25, 0.3) is 0 Å². The van der Waals surface area contributed by atoms with Crippen molar-refractivity contribution >= 4 is 63.5 Å². The number of rotatable bonds is 7. The molecule has 0 heterocycles. The summed E-state index contributed by atoms with van der Waals surface area (Å²) in [5.41, 5.74) is -7.48. The second kappa shape index (κ2) is 16.2. The molecular formula is C34H16Cl4F8N2O3. The molecule has 0 saturated heterocycles.